The van der Waals surface area contributed by atoms with Gasteiger partial charge in [-0.05, 0) is 54.7 Å². The SMILES string of the molecule is CCC(C)(C)C(=O)Oc1ccc(-c2ccc(-c3ccccc3)cc2)cc1. The van der Waals surface area contributed by atoms with Crippen LogP contribution in [0.4, 0.5) is 0 Å². The summed E-state index contributed by atoms with van der Waals surface area (Å²) < 4.78 is 5.50. The zero-order chi connectivity index (χ0) is 18.6. The van der Waals surface area contributed by atoms with Crippen molar-refractivity contribution in [2.75, 3.05) is 0 Å². The second kappa shape index (κ2) is 7.57. The van der Waals surface area contributed by atoms with Crippen LogP contribution >= 0.6 is 0 Å². The molecule has 0 fully saturated rings. The quantitative estimate of drug-likeness (QED) is 0.397. The van der Waals surface area contributed by atoms with Gasteiger partial charge in [0, 0.05) is 0 Å². The Bertz CT molecular complexity index is 860. The molecule has 0 atom stereocenters. The van der Waals surface area contributed by atoms with Crippen molar-refractivity contribution in [3.05, 3.63) is 78.9 Å². The molecule has 0 heterocycles. The monoisotopic (exact) mass is 344 g/mol. The molecule has 2 nitrogen and oxygen atoms in total. The summed E-state index contributed by atoms with van der Waals surface area (Å²) in [5.74, 6) is 0.390. The van der Waals surface area contributed by atoms with E-state index in [4.69, 9.17) is 4.74 Å². The highest BCUT2D eigenvalue weighted by Gasteiger charge is 2.27. The molecule has 0 N–H and O–H groups in total. The topological polar surface area (TPSA) is 26.3 Å². The Morgan fingerprint density at radius 1 is 0.731 bits per heavy atom. The van der Waals surface area contributed by atoms with Gasteiger partial charge < -0.3 is 4.74 Å². The van der Waals surface area contributed by atoms with Crippen LogP contribution in [0.25, 0.3) is 22.3 Å². The largest absolute Gasteiger partial charge is 0.426 e. The molecular formula is C24H24O2. The van der Waals surface area contributed by atoms with Gasteiger partial charge in [0.1, 0.15) is 5.75 Å². The molecule has 2 heteroatoms. The van der Waals surface area contributed by atoms with Crippen LogP contribution < -0.4 is 4.74 Å². The van der Waals surface area contributed by atoms with Gasteiger partial charge in [-0.1, -0.05) is 73.7 Å². The first-order valence-electron chi connectivity index (χ1n) is 8.98. The van der Waals surface area contributed by atoms with E-state index in [1.807, 2.05) is 63.2 Å². The Balaban J connectivity index is 1.74. The molecule has 132 valence electrons. The maximum Gasteiger partial charge on any atom is 0.316 e. The lowest BCUT2D eigenvalue weighted by Gasteiger charge is -2.20. The summed E-state index contributed by atoms with van der Waals surface area (Å²) in [6.45, 7) is 5.79. The molecule has 0 unspecified atom stereocenters. The number of rotatable bonds is 5. The number of esters is 1. The smallest absolute Gasteiger partial charge is 0.316 e. The first kappa shape index (κ1) is 17.9. The highest BCUT2D eigenvalue weighted by atomic mass is 16.5. The van der Waals surface area contributed by atoms with E-state index in [0.29, 0.717) is 5.75 Å². The second-order valence-corrected chi connectivity index (χ2v) is 7.09. The summed E-state index contributed by atoms with van der Waals surface area (Å²) in [6, 6.07) is 26.5. The first-order valence-corrected chi connectivity index (χ1v) is 8.98. The van der Waals surface area contributed by atoms with Crippen LogP contribution in [0, 0.1) is 5.41 Å². The van der Waals surface area contributed by atoms with Crippen molar-refractivity contribution in [3.63, 3.8) is 0 Å². The average Bonchev–Trinajstić information content (AvgIpc) is 2.69. The van der Waals surface area contributed by atoms with Gasteiger partial charge in [0.2, 0.25) is 0 Å². The number of hydrogen-bond donors (Lipinski definition) is 0. The average molecular weight is 344 g/mol. The van der Waals surface area contributed by atoms with Crippen LogP contribution in [0.2, 0.25) is 0 Å². The minimum Gasteiger partial charge on any atom is -0.426 e. The Morgan fingerprint density at radius 3 is 1.62 bits per heavy atom. The van der Waals surface area contributed by atoms with E-state index in [1.165, 1.54) is 11.1 Å². The molecule has 3 rings (SSSR count). The molecule has 0 saturated heterocycles. The molecular weight excluding hydrogens is 320 g/mol. The molecule has 0 bridgehead atoms. The lowest BCUT2D eigenvalue weighted by molar-refractivity contribution is -0.144. The molecule has 3 aromatic rings. The Morgan fingerprint density at radius 2 is 1.15 bits per heavy atom. The fraction of sp³-hybridized carbons (Fsp3) is 0.208. The highest BCUT2D eigenvalue weighted by Crippen LogP contribution is 2.28. The molecule has 0 radical (unpaired) electrons. The van der Waals surface area contributed by atoms with E-state index in [1.54, 1.807) is 0 Å². The van der Waals surface area contributed by atoms with Gasteiger partial charge >= 0.3 is 5.97 Å². The number of benzene rings is 3. The minimum atomic E-state index is -0.466. The fourth-order valence-corrected chi connectivity index (χ4v) is 2.59. The summed E-state index contributed by atoms with van der Waals surface area (Å²) in [5, 5.41) is 0. The molecule has 0 spiro atoms. The van der Waals surface area contributed by atoms with Crippen LogP contribution in [0.1, 0.15) is 27.2 Å². The van der Waals surface area contributed by atoms with Crippen molar-refractivity contribution in [2.45, 2.75) is 27.2 Å². The van der Waals surface area contributed by atoms with E-state index in [0.717, 1.165) is 17.5 Å². The Kier molecular flexibility index (Phi) is 5.22. The summed E-state index contributed by atoms with van der Waals surface area (Å²) in [4.78, 5) is 12.2. The first-order chi connectivity index (χ1) is 12.5. The van der Waals surface area contributed by atoms with E-state index >= 15 is 0 Å². The predicted molar refractivity (Wildman–Crippen MR) is 107 cm³/mol. The van der Waals surface area contributed by atoms with E-state index in [2.05, 4.69) is 36.4 Å². The predicted octanol–water partition coefficient (Wildman–Crippen LogP) is 6.36. The number of carbonyl (C=O) groups excluding carboxylic acids is 1. The van der Waals surface area contributed by atoms with Gasteiger partial charge in [-0.3, -0.25) is 4.79 Å². The van der Waals surface area contributed by atoms with E-state index < -0.39 is 5.41 Å². The third kappa shape index (κ3) is 4.02. The van der Waals surface area contributed by atoms with Crippen molar-refractivity contribution in [1.29, 1.82) is 0 Å². The molecule has 0 aliphatic rings. The standard InChI is InChI=1S/C24H24O2/c1-4-24(2,3)23(25)26-22-16-14-21(15-17-22)20-12-10-19(11-13-20)18-8-6-5-7-9-18/h5-17H,4H2,1-3H3. The van der Waals surface area contributed by atoms with Gasteiger partial charge in [-0.25, -0.2) is 0 Å². The highest BCUT2D eigenvalue weighted by molar-refractivity contribution is 5.78. The van der Waals surface area contributed by atoms with Gasteiger partial charge in [0.25, 0.3) is 0 Å². The Labute approximate surface area is 155 Å². The Hall–Kier alpha value is -2.87. The van der Waals surface area contributed by atoms with Gasteiger partial charge in [0.15, 0.2) is 0 Å². The summed E-state index contributed by atoms with van der Waals surface area (Å²) in [7, 11) is 0. The molecule has 0 amide bonds. The third-order valence-electron chi connectivity index (χ3n) is 4.83. The van der Waals surface area contributed by atoms with Crippen LogP contribution in [-0.2, 0) is 4.79 Å². The van der Waals surface area contributed by atoms with Crippen LogP contribution in [0.15, 0.2) is 78.9 Å². The van der Waals surface area contributed by atoms with Crippen LogP contribution in [-0.4, -0.2) is 5.97 Å². The van der Waals surface area contributed by atoms with Crippen LogP contribution in [0.5, 0.6) is 5.75 Å². The number of hydrogen-bond acceptors (Lipinski definition) is 2. The number of ether oxygens (including phenoxy) is 1. The van der Waals surface area contributed by atoms with Crippen molar-refractivity contribution >= 4 is 5.97 Å². The second-order valence-electron chi connectivity index (χ2n) is 7.09. The zero-order valence-corrected chi connectivity index (χ0v) is 15.5. The number of carbonyl (C=O) groups is 1. The van der Waals surface area contributed by atoms with Gasteiger partial charge in [0.05, 0.1) is 5.41 Å². The minimum absolute atomic E-state index is 0.194. The van der Waals surface area contributed by atoms with Gasteiger partial charge in [-0.2, -0.15) is 0 Å². The lowest BCUT2D eigenvalue weighted by atomic mass is 9.91. The molecule has 0 aliphatic heterocycles. The maximum absolute atomic E-state index is 12.2. The van der Waals surface area contributed by atoms with Crippen molar-refractivity contribution < 1.29 is 9.53 Å². The zero-order valence-electron chi connectivity index (χ0n) is 15.5. The van der Waals surface area contributed by atoms with Gasteiger partial charge in [-0.15, -0.1) is 0 Å². The fourth-order valence-electron chi connectivity index (χ4n) is 2.59. The van der Waals surface area contributed by atoms with E-state index in [9.17, 15) is 4.79 Å². The van der Waals surface area contributed by atoms with Crippen molar-refractivity contribution in [3.8, 4) is 28.0 Å². The third-order valence-corrected chi connectivity index (χ3v) is 4.83. The maximum atomic E-state index is 12.2. The van der Waals surface area contributed by atoms with Crippen LogP contribution in [0.3, 0.4) is 0 Å². The summed E-state index contributed by atoms with van der Waals surface area (Å²) >= 11 is 0. The van der Waals surface area contributed by atoms with Crippen molar-refractivity contribution in [2.24, 2.45) is 5.41 Å². The molecule has 3 aromatic carbocycles. The normalized spacial score (nSPS) is 11.2. The van der Waals surface area contributed by atoms with E-state index in [-0.39, 0.29) is 5.97 Å². The molecule has 0 aromatic heterocycles. The summed E-state index contributed by atoms with van der Waals surface area (Å²) in [6.07, 6.45) is 0.748. The lowest BCUT2D eigenvalue weighted by Crippen LogP contribution is -2.28. The van der Waals surface area contributed by atoms with Crippen molar-refractivity contribution in [1.82, 2.24) is 0 Å². The summed E-state index contributed by atoms with van der Waals surface area (Å²) in [5.41, 5.74) is 4.17. The molecule has 26 heavy (non-hydrogen) atoms. The molecule has 0 saturated carbocycles. The molecule has 0 aliphatic carbocycles.